The molecule has 1 saturated carbocycles. The molecule has 3 rings (SSSR count). The third kappa shape index (κ3) is 2.83. The maximum atomic E-state index is 4.51. The van der Waals surface area contributed by atoms with Gasteiger partial charge in [-0.2, -0.15) is 0 Å². The van der Waals surface area contributed by atoms with Crippen LogP contribution in [0.25, 0.3) is 0 Å². The molecule has 2 heterocycles. The largest absolute Gasteiger partial charge is 0.311 e. The van der Waals surface area contributed by atoms with Crippen molar-refractivity contribution in [2.45, 2.75) is 76.8 Å². The lowest BCUT2D eigenvalue weighted by molar-refractivity contribution is 0.328. The first-order valence-corrected chi connectivity index (χ1v) is 8.01. The van der Waals surface area contributed by atoms with Gasteiger partial charge in [0, 0.05) is 6.04 Å². The normalized spacial score (nSPS) is 26.3. The molecule has 1 atom stereocenters. The third-order valence-corrected chi connectivity index (χ3v) is 4.70. The Labute approximate surface area is 116 Å². The van der Waals surface area contributed by atoms with Crippen LogP contribution in [-0.2, 0) is 0 Å². The first kappa shape index (κ1) is 13.1. The van der Waals surface area contributed by atoms with E-state index in [-0.39, 0.29) is 0 Å². The highest BCUT2D eigenvalue weighted by Gasteiger charge is 2.26. The van der Waals surface area contributed by atoms with E-state index < -0.39 is 0 Å². The minimum absolute atomic E-state index is 0.422. The minimum atomic E-state index is 0.422. The molecule has 0 amide bonds. The molecule has 1 aliphatic heterocycles. The van der Waals surface area contributed by atoms with E-state index in [2.05, 4.69) is 27.0 Å². The van der Waals surface area contributed by atoms with Crippen LogP contribution in [0.5, 0.6) is 0 Å². The quantitative estimate of drug-likeness (QED) is 0.889. The van der Waals surface area contributed by atoms with Gasteiger partial charge in [0.15, 0.2) is 0 Å². The molecule has 19 heavy (non-hydrogen) atoms. The SMILES string of the molecule is Cc1nnc(C2CCCCCN2)n1C1CCCCC1. The molecule has 2 aliphatic rings. The number of nitrogens with one attached hydrogen (secondary N) is 1. The highest BCUT2D eigenvalue weighted by atomic mass is 15.3. The van der Waals surface area contributed by atoms with Crippen molar-refractivity contribution in [3.05, 3.63) is 11.6 Å². The Balaban J connectivity index is 1.84. The van der Waals surface area contributed by atoms with Crippen LogP contribution in [0.15, 0.2) is 0 Å². The Bertz CT molecular complexity index is 398. The van der Waals surface area contributed by atoms with Crippen LogP contribution in [0.4, 0.5) is 0 Å². The molecule has 4 heteroatoms. The molecule has 0 radical (unpaired) electrons. The first-order chi connectivity index (χ1) is 9.36. The summed E-state index contributed by atoms with van der Waals surface area (Å²) in [5.74, 6) is 2.30. The van der Waals surface area contributed by atoms with Crippen molar-refractivity contribution in [1.29, 1.82) is 0 Å². The van der Waals surface area contributed by atoms with Gasteiger partial charge in [0.2, 0.25) is 0 Å². The van der Waals surface area contributed by atoms with Gasteiger partial charge in [-0.15, -0.1) is 10.2 Å². The van der Waals surface area contributed by atoms with Gasteiger partial charge in [-0.1, -0.05) is 32.1 Å². The molecule has 1 aromatic rings. The van der Waals surface area contributed by atoms with Gasteiger partial charge in [-0.3, -0.25) is 0 Å². The second kappa shape index (κ2) is 6.04. The smallest absolute Gasteiger partial charge is 0.150 e. The van der Waals surface area contributed by atoms with Crippen molar-refractivity contribution in [3.63, 3.8) is 0 Å². The summed E-state index contributed by atoms with van der Waals surface area (Å²) in [5.41, 5.74) is 0. The van der Waals surface area contributed by atoms with Crippen LogP contribution in [0.2, 0.25) is 0 Å². The maximum Gasteiger partial charge on any atom is 0.150 e. The first-order valence-electron chi connectivity index (χ1n) is 8.01. The Morgan fingerprint density at radius 2 is 1.68 bits per heavy atom. The second-order valence-electron chi connectivity index (χ2n) is 6.12. The standard InChI is InChI=1S/C15H26N4/c1-12-17-18-15(14-10-6-3-7-11-16-14)19(12)13-8-4-2-5-9-13/h13-14,16H,2-11H2,1H3. The Kier molecular flexibility index (Phi) is 4.16. The molecule has 1 N–H and O–H groups in total. The lowest BCUT2D eigenvalue weighted by atomic mass is 9.94. The van der Waals surface area contributed by atoms with Crippen LogP contribution in [0.3, 0.4) is 0 Å². The fourth-order valence-electron chi connectivity index (χ4n) is 3.66. The number of hydrogen-bond acceptors (Lipinski definition) is 3. The number of nitrogens with zero attached hydrogens (tertiary/aromatic N) is 3. The Morgan fingerprint density at radius 3 is 2.53 bits per heavy atom. The molecule has 1 aliphatic carbocycles. The summed E-state index contributed by atoms with van der Waals surface area (Å²) < 4.78 is 2.45. The molecular formula is C15H26N4. The third-order valence-electron chi connectivity index (χ3n) is 4.70. The van der Waals surface area contributed by atoms with E-state index in [0.717, 1.165) is 12.4 Å². The van der Waals surface area contributed by atoms with E-state index in [1.807, 2.05) is 0 Å². The number of hydrogen-bond donors (Lipinski definition) is 1. The van der Waals surface area contributed by atoms with E-state index in [1.54, 1.807) is 0 Å². The molecule has 1 saturated heterocycles. The fraction of sp³-hybridized carbons (Fsp3) is 0.867. The summed E-state index contributed by atoms with van der Waals surface area (Å²) in [6, 6.07) is 1.06. The number of aromatic nitrogens is 3. The zero-order chi connectivity index (χ0) is 13.1. The minimum Gasteiger partial charge on any atom is -0.311 e. The van der Waals surface area contributed by atoms with E-state index >= 15 is 0 Å². The maximum absolute atomic E-state index is 4.51. The lowest BCUT2D eigenvalue weighted by Crippen LogP contribution is -2.26. The fourth-order valence-corrected chi connectivity index (χ4v) is 3.66. The molecule has 0 spiro atoms. The molecule has 0 aromatic carbocycles. The van der Waals surface area contributed by atoms with Gasteiger partial charge in [0.1, 0.15) is 11.6 Å². The van der Waals surface area contributed by atoms with Crippen LogP contribution in [-0.4, -0.2) is 21.3 Å². The van der Waals surface area contributed by atoms with Crippen molar-refractivity contribution in [3.8, 4) is 0 Å². The van der Waals surface area contributed by atoms with E-state index in [9.17, 15) is 0 Å². The van der Waals surface area contributed by atoms with Gasteiger partial charge in [0.05, 0.1) is 6.04 Å². The van der Waals surface area contributed by atoms with Crippen molar-refractivity contribution < 1.29 is 0 Å². The lowest BCUT2D eigenvalue weighted by Gasteiger charge is -2.27. The van der Waals surface area contributed by atoms with Crippen molar-refractivity contribution >= 4 is 0 Å². The van der Waals surface area contributed by atoms with Gasteiger partial charge < -0.3 is 9.88 Å². The van der Waals surface area contributed by atoms with E-state index in [1.165, 1.54) is 63.6 Å². The summed E-state index contributed by atoms with van der Waals surface area (Å²) in [7, 11) is 0. The average Bonchev–Trinajstić information content (AvgIpc) is 2.67. The Morgan fingerprint density at radius 1 is 0.947 bits per heavy atom. The molecule has 1 aromatic heterocycles. The molecule has 0 bridgehead atoms. The molecule has 106 valence electrons. The van der Waals surface area contributed by atoms with Crippen LogP contribution in [0, 0.1) is 6.92 Å². The van der Waals surface area contributed by atoms with E-state index in [4.69, 9.17) is 0 Å². The van der Waals surface area contributed by atoms with Crippen LogP contribution < -0.4 is 5.32 Å². The predicted molar refractivity (Wildman–Crippen MR) is 76.1 cm³/mol. The molecular weight excluding hydrogens is 236 g/mol. The van der Waals surface area contributed by atoms with Gasteiger partial charge >= 0.3 is 0 Å². The number of rotatable bonds is 2. The van der Waals surface area contributed by atoms with Gasteiger partial charge in [-0.25, -0.2) is 0 Å². The summed E-state index contributed by atoms with van der Waals surface area (Å²) in [5, 5.41) is 12.5. The highest BCUT2D eigenvalue weighted by Crippen LogP contribution is 2.32. The van der Waals surface area contributed by atoms with Gasteiger partial charge in [-0.05, 0) is 39.2 Å². The van der Waals surface area contributed by atoms with Crippen LogP contribution in [0.1, 0.15) is 81.5 Å². The Hall–Kier alpha value is -0.900. The molecule has 4 nitrogen and oxygen atoms in total. The van der Waals surface area contributed by atoms with Crippen molar-refractivity contribution in [2.75, 3.05) is 6.54 Å². The molecule has 2 fully saturated rings. The summed E-state index contributed by atoms with van der Waals surface area (Å²) in [4.78, 5) is 0. The van der Waals surface area contributed by atoms with Crippen LogP contribution >= 0.6 is 0 Å². The van der Waals surface area contributed by atoms with Crippen molar-refractivity contribution in [1.82, 2.24) is 20.1 Å². The zero-order valence-electron chi connectivity index (χ0n) is 12.1. The van der Waals surface area contributed by atoms with Crippen molar-refractivity contribution in [2.24, 2.45) is 0 Å². The summed E-state index contributed by atoms with van der Waals surface area (Å²) in [6.45, 7) is 3.24. The topological polar surface area (TPSA) is 42.7 Å². The zero-order valence-corrected chi connectivity index (χ0v) is 12.1. The summed E-state index contributed by atoms with van der Waals surface area (Å²) >= 11 is 0. The van der Waals surface area contributed by atoms with Gasteiger partial charge in [0.25, 0.3) is 0 Å². The average molecular weight is 262 g/mol. The summed E-state index contributed by atoms with van der Waals surface area (Å²) in [6.07, 6.45) is 11.9. The predicted octanol–water partition coefficient (Wildman–Crippen LogP) is 3.30. The highest BCUT2D eigenvalue weighted by molar-refractivity contribution is 5.04. The number of aryl methyl sites for hydroxylation is 1. The second-order valence-corrected chi connectivity index (χ2v) is 6.12. The van der Waals surface area contributed by atoms with E-state index in [0.29, 0.717) is 12.1 Å². The molecule has 1 unspecified atom stereocenters. The monoisotopic (exact) mass is 262 g/mol.